The van der Waals surface area contributed by atoms with Gasteiger partial charge in [0, 0.05) is 12.6 Å². The molecule has 0 aromatic heterocycles. The summed E-state index contributed by atoms with van der Waals surface area (Å²) in [5.74, 6) is 0. The van der Waals surface area contributed by atoms with E-state index < -0.39 is 0 Å². The molecule has 1 aromatic carbocycles. The average molecular weight is 159 g/mol. The van der Waals surface area contributed by atoms with Gasteiger partial charge >= 0.3 is 0 Å². The van der Waals surface area contributed by atoms with Crippen molar-refractivity contribution in [2.24, 2.45) is 0 Å². The van der Waals surface area contributed by atoms with Crippen molar-refractivity contribution < 1.29 is 0 Å². The number of nitrogens with two attached hydrogens (primary N) is 1. The maximum atomic E-state index is 8.34. The van der Waals surface area contributed by atoms with Crippen LogP contribution in [0.15, 0.2) is 24.3 Å². The van der Waals surface area contributed by atoms with Crippen molar-refractivity contribution in [3.05, 3.63) is 29.8 Å². The first-order valence-corrected chi connectivity index (χ1v) is 3.31. The molecule has 0 fully saturated rings. The van der Waals surface area contributed by atoms with E-state index in [1.165, 1.54) is 6.92 Å². The minimum absolute atomic E-state index is 0.643. The van der Waals surface area contributed by atoms with E-state index in [1.807, 2.05) is 6.07 Å². The normalized spacial score (nSPS) is 6.92. The molecule has 0 bridgehead atoms. The average Bonchev–Trinajstić information content (AvgIpc) is 2.07. The predicted molar refractivity (Wildman–Crippen MR) is 46.9 cm³/mol. The number of hydrogen-bond donors (Lipinski definition) is 1. The number of hydrogen-bond acceptors (Lipinski definition) is 3. The molecular formula is C9H9N3. The van der Waals surface area contributed by atoms with Gasteiger partial charge in [0.25, 0.3) is 0 Å². The third kappa shape index (κ3) is 3.92. The molecule has 0 saturated heterocycles. The minimum atomic E-state index is 0.643. The van der Waals surface area contributed by atoms with Crippen molar-refractivity contribution in [2.75, 3.05) is 5.73 Å². The standard InChI is InChI=1S/C7H6N2.C2H3N/c8-5-6-1-3-7(9)4-2-6;1-2-3/h1-4H,9H2;1H3. The highest BCUT2D eigenvalue weighted by atomic mass is 14.5. The molecule has 0 radical (unpaired) electrons. The van der Waals surface area contributed by atoms with Crippen LogP contribution < -0.4 is 5.73 Å². The fourth-order valence-electron chi connectivity index (χ4n) is 0.558. The van der Waals surface area contributed by atoms with Crippen LogP contribution in [0.5, 0.6) is 0 Å². The summed E-state index contributed by atoms with van der Waals surface area (Å²) in [6, 6.07) is 10.5. The second-order valence-corrected chi connectivity index (χ2v) is 1.96. The maximum Gasteiger partial charge on any atom is 0.0991 e. The zero-order valence-electron chi connectivity index (χ0n) is 6.78. The van der Waals surface area contributed by atoms with Crippen molar-refractivity contribution in [1.29, 1.82) is 10.5 Å². The highest BCUT2D eigenvalue weighted by molar-refractivity contribution is 5.42. The third-order valence-electron chi connectivity index (χ3n) is 1.04. The summed E-state index contributed by atoms with van der Waals surface area (Å²) >= 11 is 0. The lowest BCUT2D eigenvalue weighted by Gasteiger charge is -1.88. The number of nitrogen functional groups attached to an aromatic ring is 1. The summed E-state index contributed by atoms with van der Waals surface area (Å²) in [7, 11) is 0. The second kappa shape index (κ2) is 5.76. The zero-order chi connectivity index (χ0) is 9.40. The first kappa shape index (κ1) is 10.0. The molecule has 3 nitrogen and oxygen atoms in total. The van der Waals surface area contributed by atoms with Gasteiger partial charge in [-0.05, 0) is 24.3 Å². The third-order valence-corrected chi connectivity index (χ3v) is 1.04. The van der Waals surface area contributed by atoms with Gasteiger partial charge in [0.15, 0.2) is 0 Å². The molecule has 0 spiro atoms. The molecule has 0 heterocycles. The molecule has 0 aliphatic heterocycles. The van der Waals surface area contributed by atoms with E-state index in [9.17, 15) is 0 Å². The fraction of sp³-hybridized carbons (Fsp3) is 0.111. The van der Waals surface area contributed by atoms with Gasteiger partial charge in [-0.2, -0.15) is 10.5 Å². The Balaban J connectivity index is 0.000000354. The lowest BCUT2D eigenvalue weighted by molar-refractivity contribution is 1.49. The van der Waals surface area contributed by atoms with Gasteiger partial charge in [-0.25, -0.2) is 0 Å². The molecule has 0 aliphatic carbocycles. The van der Waals surface area contributed by atoms with E-state index in [-0.39, 0.29) is 0 Å². The SMILES string of the molecule is CC#N.N#Cc1ccc(N)cc1. The number of nitriles is 2. The lowest BCUT2D eigenvalue weighted by Crippen LogP contribution is -1.82. The highest BCUT2D eigenvalue weighted by Crippen LogP contribution is 2.02. The van der Waals surface area contributed by atoms with Gasteiger partial charge < -0.3 is 5.73 Å². The number of benzene rings is 1. The Morgan fingerprint density at radius 1 is 1.17 bits per heavy atom. The largest absolute Gasteiger partial charge is 0.399 e. The second-order valence-electron chi connectivity index (χ2n) is 1.96. The number of rotatable bonds is 0. The van der Waals surface area contributed by atoms with Crippen LogP contribution in [0.1, 0.15) is 12.5 Å². The van der Waals surface area contributed by atoms with Gasteiger partial charge in [0.05, 0.1) is 17.7 Å². The Morgan fingerprint density at radius 3 is 1.92 bits per heavy atom. The Bertz CT molecular complexity index is 300. The molecule has 0 amide bonds. The van der Waals surface area contributed by atoms with Crippen LogP contribution in [0.4, 0.5) is 5.69 Å². The summed E-state index contributed by atoms with van der Waals surface area (Å²) in [6.45, 7) is 1.43. The Hall–Kier alpha value is -2.00. The number of nitrogens with zero attached hydrogens (tertiary/aromatic N) is 2. The molecular weight excluding hydrogens is 150 g/mol. The van der Waals surface area contributed by atoms with Crippen LogP contribution in [-0.2, 0) is 0 Å². The molecule has 3 heteroatoms. The van der Waals surface area contributed by atoms with Crippen LogP contribution in [0.3, 0.4) is 0 Å². The summed E-state index contributed by atoms with van der Waals surface area (Å²) in [4.78, 5) is 0. The van der Waals surface area contributed by atoms with Crippen molar-refractivity contribution in [2.45, 2.75) is 6.92 Å². The van der Waals surface area contributed by atoms with Crippen molar-refractivity contribution >= 4 is 5.69 Å². The Morgan fingerprint density at radius 2 is 1.58 bits per heavy atom. The van der Waals surface area contributed by atoms with E-state index in [2.05, 4.69) is 0 Å². The van der Waals surface area contributed by atoms with Gasteiger partial charge in [0.2, 0.25) is 0 Å². The van der Waals surface area contributed by atoms with Crippen LogP contribution in [0, 0.1) is 22.7 Å². The molecule has 0 aliphatic rings. The first-order chi connectivity index (χ1) is 5.74. The lowest BCUT2D eigenvalue weighted by atomic mass is 10.2. The topological polar surface area (TPSA) is 73.6 Å². The summed E-state index contributed by atoms with van der Waals surface area (Å²) < 4.78 is 0. The molecule has 0 saturated carbocycles. The van der Waals surface area contributed by atoms with Crippen molar-refractivity contribution in [3.63, 3.8) is 0 Å². The predicted octanol–water partition coefficient (Wildman–Crippen LogP) is 1.67. The highest BCUT2D eigenvalue weighted by Gasteiger charge is 1.85. The van der Waals surface area contributed by atoms with E-state index >= 15 is 0 Å². The van der Waals surface area contributed by atoms with Crippen molar-refractivity contribution in [1.82, 2.24) is 0 Å². The van der Waals surface area contributed by atoms with Crippen LogP contribution >= 0.6 is 0 Å². The quantitative estimate of drug-likeness (QED) is 0.585. The van der Waals surface area contributed by atoms with Crippen LogP contribution in [0.25, 0.3) is 0 Å². The molecule has 60 valence electrons. The van der Waals surface area contributed by atoms with E-state index in [0.717, 1.165) is 0 Å². The molecule has 1 rings (SSSR count). The fourth-order valence-corrected chi connectivity index (χ4v) is 0.558. The molecule has 1 aromatic rings. The monoisotopic (exact) mass is 159 g/mol. The summed E-state index contributed by atoms with van der Waals surface area (Å²) in [5.41, 5.74) is 6.70. The smallest absolute Gasteiger partial charge is 0.0991 e. The van der Waals surface area contributed by atoms with Gasteiger partial charge in [-0.3, -0.25) is 0 Å². The molecule has 0 unspecified atom stereocenters. The minimum Gasteiger partial charge on any atom is -0.399 e. The Labute approximate surface area is 71.7 Å². The molecule has 12 heavy (non-hydrogen) atoms. The first-order valence-electron chi connectivity index (χ1n) is 3.31. The van der Waals surface area contributed by atoms with E-state index in [1.54, 1.807) is 30.3 Å². The van der Waals surface area contributed by atoms with E-state index in [4.69, 9.17) is 16.3 Å². The van der Waals surface area contributed by atoms with Crippen LogP contribution in [0.2, 0.25) is 0 Å². The zero-order valence-corrected chi connectivity index (χ0v) is 6.78. The van der Waals surface area contributed by atoms with Crippen LogP contribution in [-0.4, -0.2) is 0 Å². The molecule has 0 atom stereocenters. The summed E-state index contributed by atoms with van der Waals surface area (Å²) in [6.07, 6.45) is 0. The van der Waals surface area contributed by atoms with Gasteiger partial charge in [-0.15, -0.1) is 0 Å². The molecule has 2 N–H and O–H groups in total. The summed E-state index contributed by atoms with van der Waals surface area (Å²) in [5, 5.41) is 15.7. The van der Waals surface area contributed by atoms with E-state index in [0.29, 0.717) is 11.3 Å². The maximum absolute atomic E-state index is 8.34. The Kier molecular flexibility index (Phi) is 4.80. The van der Waals surface area contributed by atoms with Crippen molar-refractivity contribution in [3.8, 4) is 12.1 Å². The number of anilines is 1. The van der Waals surface area contributed by atoms with Gasteiger partial charge in [0.1, 0.15) is 0 Å². The van der Waals surface area contributed by atoms with Gasteiger partial charge in [-0.1, -0.05) is 0 Å².